The van der Waals surface area contributed by atoms with Gasteiger partial charge in [-0.2, -0.15) is 0 Å². The van der Waals surface area contributed by atoms with Gasteiger partial charge in [0.05, 0.1) is 0 Å². The predicted molar refractivity (Wildman–Crippen MR) is 91.7 cm³/mol. The summed E-state index contributed by atoms with van der Waals surface area (Å²) in [7, 11) is 0. The molecule has 1 saturated carbocycles. The fourth-order valence-electron chi connectivity index (χ4n) is 3.64. The molecule has 0 radical (unpaired) electrons. The molecule has 1 aliphatic rings. The highest BCUT2D eigenvalue weighted by Crippen LogP contribution is 2.38. The van der Waals surface area contributed by atoms with Crippen LogP contribution < -0.4 is 5.32 Å². The largest absolute Gasteiger partial charge is 0.302 e. The maximum absolute atomic E-state index is 3.93. The number of thiophene rings is 1. The topological polar surface area (TPSA) is 12.0 Å². The van der Waals surface area contributed by atoms with Crippen LogP contribution in [0.1, 0.15) is 60.7 Å². The van der Waals surface area contributed by atoms with Gasteiger partial charge in [0.2, 0.25) is 0 Å². The van der Waals surface area contributed by atoms with Crippen molar-refractivity contribution >= 4 is 11.3 Å². The summed E-state index contributed by atoms with van der Waals surface area (Å²) in [5.41, 5.74) is 2.81. The van der Waals surface area contributed by atoms with Crippen LogP contribution in [0.2, 0.25) is 0 Å². The maximum atomic E-state index is 3.93. The summed E-state index contributed by atoms with van der Waals surface area (Å²) < 4.78 is 0. The second kappa shape index (κ2) is 6.76. The molecule has 0 aliphatic heterocycles. The highest BCUT2D eigenvalue weighted by atomic mass is 32.1. The smallest absolute Gasteiger partial charge is 0.0448 e. The molecule has 1 nitrogen and oxygen atoms in total. The van der Waals surface area contributed by atoms with E-state index in [1.54, 1.807) is 0 Å². The van der Waals surface area contributed by atoms with Crippen LogP contribution in [0, 0.1) is 12.8 Å². The van der Waals surface area contributed by atoms with E-state index in [1.807, 2.05) is 11.3 Å². The van der Waals surface area contributed by atoms with Gasteiger partial charge in [-0.1, -0.05) is 43.2 Å². The molecule has 0 amide bonds. The van der Waals surface area contributed by atoms with Gasteiger partial charge in [0.25, 0.3) is 0 Å². The van der Waals surface area contributed by atoms with Crippen molar-refractivity contribution in [1.82, 2.24) is 5.32 Å². The molecular weight excluding hydrogens is 274 g/mol. The van der Waals surface area contributed by atoms with Crippen molar-refractivity contribution in [3.63, 3.8) is 0 Å². The van der Waals surface area contributed by atoms with Crippen LogP contribution in [0.5, 0.6) is 0 Å². The summed E-state index contributed by atoms with van der Waals surface area (Å²) in [5, 5.41) is 6.13. The number of rotatable bonds is 5. The van der Waals surface area contributed by atoms with Gasteiger partial charge in [0.1, 0.15) is 0 Å². The van der Waals surface area contributed by atoms with Crippen LogP contribution in [0.3, 0.4) is 0 Å². The molecule has 1 aromatic carbocycles. The number of benzene rings is 1. The number of hydrogen-bond donors (Lipinski definition) is 1. The van der Waals surface area contributed by atoms with E-state index in [2.05, 4.69) is 60.9 Å². The third-order valence-corrected chi connectivity index (χ3v) is 5.76. The SMILES string of the molecule is Cc1ccccc1[C@@H](C)NC(c1cccs1)C1CCCC1. The van der Waals surface area contributed by atoms with Crippen molar-refractivity contribution in [3.05, 3.63) is 57.8 Å². The van der Waals surface area contributed by atoms with E-state index >= 15 is 0 Å². The molecule has 1 unspecified atom stereocenters. The monoisotopic (exact) mass is 299 g/mol. The van der Waals surface area contributed by atoms with Crippen molar-refractivity contribution in [1.29, 1.82) is 0 Å². The van der Waals surface area contributed by atoms with Gasteiger partial charge in [0.15, 0.2) is 0 Å². The second-order valence-corrected chi connectivity index (χ2v) is 7.26. The molecule has 1 fully saturated rings. The molecule has 3 rings (SSSR count). The zero-order valence-corrected chi connectivity index (χ0v) is 13.8. The van der Waals surface area contributed by atoms with Gasteiger partial charge >= 0.3 is 0 Å². The first kappa shape index (κ1) is 14.8. The number of hydrogen-bond acceptors (Lipinski definition) is 2. The minimum Gasteiger partial charge on any atom is -0.302 e. The van der Waals surface area contributed by atoms with E-state index in [0.717, 1.165) is 5.92 Å². The van der Waals surface area contributed by atoms with Crippen LogP contribution in [0.25, 0.3) is 0 Å². The highest BCUT2D eigenvalue weighted by molar-refractivity contribution is 7.10. The lowest BCUT2D eigenvalue weighted by Gasteiger charge is -2.28. The quantitative estimate of drug-likeness (QED) is 0.753. The molecule has 2 aromatic rings. The molecule has 21 heavy (non-hydrogen) atoms. The lowest BCUT2D eigenvalue weighted by atomic mass is 9.94. The predicted octanol–water partition coefficient (Wildman–Crippen LogP) is 5.64. The standard InChI is InChI=1S/C19H25NS/c1-14-8-3-6-11-17(14)15(2)20-19(16-9-4-5-10-16)18-12-7-13-21-18/h3,6-8,11-13,15-16,19-20H,4-5,9-10H2,1-2H3/t15-,19?/m1/s1. The molecule has 0 spiro atoms. The van der Waals surface area contributed by atoms with Crippen molar-refractivity contribution < 1.29 is 0 Å². The second-order valence-electron chi connectivity index (χ2n) is 6.28. The summed E-state index contributed by atoms with van der Waals surface area (Å²) >= 11 is 1.90. The Morgan fingerprint density at radius 1 is 1.10 bits per heavy atom. The van der Waals surface area contributed by atoms with E-state index in [9.17, 15) is 0 Å². The van der Waals surface area contributed by atoms with Crippen LogP contribution in [0.15, 0.2) is 41.8 Å². The highest BCUT2D eigenvalue weighted by Gasteiger charge is 2.28. The van der Waals surface area contributed by atoms with Crippen molar-refractivity contribution in [2.24, 2.45) is 5.92 Å². The Hall–Kier alpha value is -1.12. The Kier molecular flexibility index (Phi) is 4.77. The van der Waals surface area contributed by atoms with Gasteiger partial charge in [-0.05, 0) is 55.2 Å². The molecule has 1 N–H and O–H groups in total. The lowest BCUT2D eigenvalue weighted by molar-refractivity contribution is 0.342. The van der Waals surface area contributed by atoms with E-state index in [0.29, 0.717) is 12.1 Å². The molecular formula is C19H25NS. The lowest BCUT2D eigenvalue weighted by Crippen LogP contribution is -2.29. The van der Waals surface area contributed by atoms with Gasteiger partial charge in [-0.25, -0.2) is 0 Å². The number of aryl methyl sites for hydroxylation is 1. The Morgan fingerprint density at radius 3 is 2.52 bits per heavy atom. The third-order valence-electron chi connectivity index (χ3n) is 4.81. The van der Waals surface area contributed by atoms with Crippen molar-refractivity contribution in [2.45, 2.75) is 51.6 Å². The van der Waals surface area contributed by atoms with E-state index in [1.165, 1.54) is 41.7 Å². The summed E-state index contributed by atoms with van der Waals surface area (Å²) in [5.74, 6) is 0.801. The fourth-order valence-corrected chi connectivity index (χ4v) is 4.52. The maximum Gasteiger partial charge on any atom is 0.0448 e. The zero-order valence-electron chi connectivity index (χ0n) is 13.0. The average Bonchev–Trinajstić information content (AvgIpc) is 3.18. The Balaban J connectivity index is 1.79. The molecule has 2 heteroatoms. The zero-order chi connectivity index (χ0) is 14.7. The summed E-state index contributed by atoms with van der Waals surface area (Å²) in [6.07, 6.45) is 5.53. The third kappa shape index (κ3) is 3.38. The molecule has 0 saturated heterocycles. The van der Waals surface area contributed by atoms with Crippen molar-refractivity contribution in [3.8, 4) is 0 Å². The van der Waals surface area contributed by atoms with Crippen molar-refractivity contribution in [2.75, 3.05) is 0 Å². The first-order valence-corrected chi connectivity index (χ1v) is 8.98. The number of nitrogens with one attached hydrogen (secondary N) is 1. The average molecular weight is 299 g/mol. The molecule has 1 aliphatic carbocycles. The van der Waals surface area contributed by atoms with Crippen LogP contribution in [-0.4, -0.2) is 0 Å². The van der Waals surface area contributed by atoms with E-state index < -0.39 is 0 Å². The normalized spacial score (nSPS) is 18.8. The van der Waals surface area contributed by atoms with Crippen LogP contribution in [0.4, 0.5) is 0 Å². The van der Waals surface area contributed by atoms with E-state index in [4.69, 9.17) is 0 Å². The molecule has 112 valence electrons. The Labute approximate surface area is 132 Å². The first-order chi connectivity index (χ1) is 10.3. The molecule has 1 aromatic heterocycles. The molecule has 0 bridgehead atoms. The molecule has 2 atom stereocenters. The minimum atomic E-state index is 0.402. The summed E-state index contributed by atoms with van der Waals surface area (Å²) in [4.78, 5) is 1.50. The molecule has 1 heterocycles. The van der Waals surface area contributed by atoms with Crippen LogP contribution >= 0.6 is 11.3 Å². The fraction of sp³-hybridized carbons (Fsp3) is 0.474. The summed E-state index contributed by atoms with van der Waals surface area (Å²) in [6.45, 7) is 4.52. The van der Waals surface area contributed by atoms with E-state index in [-0.39, 0.29) is 0 Å². The van der Waals surface area contributed by atoms with Gasteiger partial charge < -0.3 is 5.32 Å². The van der Waals surface area contributed by atoms with Gasteiger partial charge in [-0.15, -0.1) is 11.3 Å². The first-order valence-electron chi connectivity index (χ1n) is 8.10. The summed E-state index contributed by atoms with van der Waals surface area (Å²) in [6, 6.07) is 14.1. The Bertz CT molecular complexity index is 555. The van der Waals surface area contributed by atoms with Gasteiger partial charge in [-0.3, -0.25) is 0 Å². The Morgan fingerprint density at radius 2 is 1.86 bits per heavy atom. The van der Waals surface area contributed by atoms with Crippen LogP contribution in [-0.2, 0) is 0 Å². The van der Waals surface area contributed by atoms with Gasteiger partial charge in [0, 0.05) is 17.0 Å². The minimum absolute atomic E-state index is 0.402.